The summed E-state index contributed by atoms with van der Waals surface area (Å²) in [6.45, 7) is 20.5. The van der Waals surface area contributed by atoms with Crippen molar-refractivity contribution in [1.29, 1.82) is 0 Å². The van der Waals surface area contributed by atoms with E-state index in [-0.39, 0.29) is 23.7 Å². The summed E-state index contributed by atoms with van der Waals surface area (Å²) in [5, 5.41) is 40.6. The van der Waals surface area contributed by atoms with Gasteiger partial charge in [0.25, 0.3) is 0 Å². The lowest BCUT2D eigenvalue weighted by molar-refractivity contribution is -0.321. The van der Waals surface area contributed by atoms with E-state index in [1.165, 1.54) is 13.8 Å². The summed E-state index contributed by atoms with van der Waals surface area (Å²) < 4.78 is 23.3. The van der Waals surface area contributed by atoms with E-state index in [1.54, 1.807) is 0 Å². The highest BCUT2D eigenvalue weighted by Crippen LogP contribution is 2.48. The van der Waals surface area contributed by atoms with Crippen LogP contribution in [-0.4, -0.2) is 93.8 Å². The van der Waals surface area contributed by atoms with Crippen molar-refractivity contribution in [3.63, 3.8) is 0 Å². The minimum Gasteiger partial charge on any atom is -0.458 e. The summed E-state index contributed by atoms with van der Waals surface area (Å²) in [6, 6.07) is 0. The van der Waals surface area contributed by atoms with Crippen LogP contribution in [0.5, 0.6) is 0 Å². The number of hydrogen-bond acceptors (Lipinski definition) is 11. The first-order chi connectivity index (χ1) is 23.7. The molecule has 0 amide bonds. The Morgan fingerprint density at radius 2 is 1.67 bits per heavy atom. The second-order valence-corrected chi connectivity index (χ2v) is 16.0. The minimum absolute atomic E-state index is 0.0637. The van der Waals surface area contributed by atoms with Gasteiger partial charge in [-0.1, -0.05) is 63.1 Å². The zero-order chi connectivity index (χ0) is 38.4. The molecule has 2 fully saturated rings. The van der Waals surface area contributed by atoms with Gasteiger partial charge in [0.05, 0.1) is 12.7 Å². The predicted octanol–water partition coefficient (Wildman–Crippen LogP) is 5.04. The maximum atomic E-state index is 12.8. The van der Waals surface area contributed by atoms with Crippen LogP contribution in [0.15, 0.2) is 47.1 Å². The number of carbonyl (C=O) groups excluding carboxylic acids is 3. The van der Waals surface area contributed by atoms with Crippen LogP contribution in [0.4, 0.5) is 0 Å². The van der Waals surface area contributed by atoms with Gasteiger partial charge < -0.3 is 39.4 Å². The summed E-state index contributed by atoms with van der Waals surface area (Å²) in [7, 11) is 0. The maximum Gasteiger partial charge on any atom is 0.303 e. The van der Waals surface area contributed by atoms with Crippen LogP contribution >= 0.6 is 0 Å². The molecule has 1 saturated heterocycles. The summed E-state index contributed by atoms with van der Waals surface area (Å²) >= 11 is 0. The molecule has 0 radical (unpaired) electrons. The molecule has 288 valence electrons. The lowest BCUT2D eigenvalue weighted by atomic mass is 9.63. The standard InChI is InChI=1S/C40H62O11/c1-22(12-16-29-23(2)14-18-34(40(29,9)10)51-38-37(47)36(46)35(45)32(21-41)50-38)11-15-28(48-26(5)42)19-25(4)31(49-27(6)43)20-30-24(3)13-17-33(44)39(30,7)8/h11,13,19,28-32,34-38,41,45-47H,2,12,14-18,20-21H2,1,3-10H3/b22-11+,25-19+/t28-,29-,30-,31+,32-,34+,35+,36+,37-,38+/m1/s1. The fraction of sp³-hybridized carbons (Fsp3) is 0.725. The first kappa shape index (κ1) is 42.7. The second kappa shape index (κ2) is 17.9. The Morgan fingerprint density at radius 1 is 1.02 bits per heavy atom. The Balaban J connectivity index is 1.72. The molecule has 0 aromatic rings. The van der Waals surface area contributed by atoms with Gasteiger partial charge in [-0.3, -0.25) is 14.4 Å². The number of ether oxygens (including phenoxy) is 4. The maximum absolute atomic E-state index is 12.8. The number of allylic oxidation sites excluding steroid dienone is 4. The molecule has 0 aromatic carbocycles. The van der Waals surface area contributed by atoms with Crippen LogP contribution in [0.1, 0.15) is 107 Å². The Kier molecular flexibility index (Phi) is 15.0. The van der Waals surface area contributed by atoms with Gasteiger partial charge in [0.1, 0.15) is 42.4 Å². The molecular weight excluding hydrogens is 656 g/mol. The Morgan fingerprint density at radius 3 is 2.27 bits per heavy atom. The monoisotopic (exact) mass is 718 g/mol. The molecule has 4 N–H and O–H groups in total. The Hall–Kier alpha value is -2.67. The zero-order valence-corrected chi connectivity index (χ0v) is 32.0. The fourth-order valence-corrected chi connectivity index (χ4v) is 7.97. The van der Waals surface area contributed by atoms with Crippen molar-refractivity contribution in [3.8, 4) is 0 Å². The quantitative estimate of drug-likeness (QED) is 0.140. The van der Waals surface area contributed by atoms with Gasteiger partial charge in [0, 0.05) is 32.1 Å². The van der Waals surface area contributed by atoms with Crippen molar-refractivity contribution < 1.29 is 53.8 Å². The summed E-state index contributed by atoms with van der Waals surface area (Å²) in [5.74, 6) is -0.753. The first-order valence-corrected chi connectivity index (χ1v) is 18.2. The average molecular weight is 719 g/mol. The van der Waals surface area contributed by atoms with Crippen molar-refractivity contribution in [1.82, 2.24) is 0 Å². The third-order valence-corrected chi connectivity index (χ3v) is 11.4. The van der Waals surface area contributed by atoms with Crippen molar-refractivity contribution in [2.24, 2.45) is 22.7 Å². The minimum atomic E-state index is -1.51. The van der Waals surface area contributed by atoms with Crippen molar-refractivity contribution in [3.05, 3.63) is 47.1 Å². The molecule has 1 heterocycles. The molecule has 0 bridgehead atoms. The van der Waals surface area contributed by atoms with Crippen molar-refractivity contribution >= 4 is 17.7 Å². The molecule has 3 aliphatic rings. The van der Waals surface area contributed by atoms with E-state index in [2.05, 4.69) is 26.5 Å². The summed E-state index contributed by atoms with van der Waals surface area (Å²) in [5.41, 5.74) is 3.02. The number of carbonyl (C=O) groups is 3. The number of Topliss-reactive ketones (excluding diaryl/α,β-unsaturated/α-hetero) is 1. The predicted molar refractivity (Wildman–Crippen MR) is 192 cm³/mol. The molecule has 51 heavy (non-hydrogen) atoms. The van der Waals surface area contributed by atoms with Crippen molar-refractivity contribution in [2.45, 2.75) is 156 Å². The number of aliphatic hydroxyl groups is 4. The average Bonchev–Trinajstić information content (AvgIpc) is 3.03. The SMILES string of the molecule is C=C1CC[C@H](O[C@@H]2O[C@H](CO)[C@H](O)[C@H](O)[C@H]2O)C(C)(C)[C@@H]1CC/C(C)=C/C[C@H](/C=C(\C)[C@H](C[C@@H]1C(C)=CCC(=O)C1(C)C)OC(C)=O)OC(C)=O. The van der Waals surface area contributed by atoms with E-state index >= 15 is 0 Å². The van der Waals surface area contributed by atoms with Crippen LogP contribution in [0, 0.1) is 22.7 Å². The summed E-state index contributed by atoms with van der Waals surface area (Å²) in [4.78, 5) is 37.1. The number of esters is 2. The molecule has 10 atom stereocenters. The van der Waals surface area contributed by atoms with Crippen LogP contribution in [-0.2, 0) is 33.3 Å². The van der Waals surface area contributed by atoms with E-state index in [4.69, 9.17) is 18.9 Å². The van der Waals surface area contributed by atoms with E-state index in [1.807, 2.05) is 46.8 Å². The van der Waals surface area contributed by atoms with Crippen molar-refractivity contribution in [2.75, 3.05) is 6.61 Å². The zero-order valence-electron chi connectivity index (χ0n) is 32.0. The first-order valence-electron chi connectivity index (χ1n) is 18.2. The van der Waals surface area contributed by atoms with Gasteiger partial charge in [-0.2, -0.15) is 0 Å². The smallest absolute Gasteiger partial charge is 0.303 e. The third-order valence-electron chi connectivity index (χ3n) is 11.4. The fourth-order valence-electron chi connectivity index (χ4n) is 7.97. The van der Waals surface area contributed by atoms with Crippen LogP contribution in [0.2, 0.25) is 0 Å². The van der Waals surface area contributed by atoms with Gasteiger partial charge in [-0.05, 0) is 81.8 Å². The molecule has 11 nitrogen and oxygen atoms in total. The second-order valence-electron chi connectivity index (χ2n) is 16.0. The Bertz CT molecular complexity index is 1360. The van der Waals surface area contributed by atoms with Gasteiger partial charge in [0.15, 0.2) is 6.29 Å². The number of rotatable bonds is 14. The molecule has 0 spiro atoms. The molecule has 0 unspecified atom stereocenters. The molecule has 1 saturated carbocycles. The van der Waals surface area contributed by atoms with Gasteiger partial charge in [0.2, 0.25) is 0 Å². The Labute approximate surface area is 303 Å². The molecule has 2 aliphatic carbocycles. The largest absolute Gasteiger partial charge is 0.458 e. The highest BCUT2D eigenvalue weighted by Gasteiger charge is 2.49. The molecule has 1 aliphatic heterocycles. The van der Waals surface area contributed by atoms with E-state index in [0.717, 1.165) is 35.1 Å². The molecule has 11 heteroatoms. The summed E-state index contributed by atoms with van der Waals surface area (Å²) in [6.07, 6.45) is 1.73. The lowest BCUT2D eigenvalue weighted by Crippen LogP contribution is -2.60. The van der Waals surface area contributed by atoms with E-state index < -0.39 is 72.3 Å². The van der Waals surface area contributed by atoms with Gasteiger partial charge in [-0.15, -0.1) is 0 Å². The van der Waals surface area contributed by atoms with Crippen LogP contribution < -0.4 is 0 Å². The lowest BCUT2D eigenvalue weighted by Gasteiger charge is -2.49. The molecule has 0 aromatic heterocycles. The van der Waals surface area contributed by atoms with Crippen LogP contribution in [0.3, 0.4) is 0 Å². The van der Waals surface area contributed by atoms with E-state index in [9.17, 15) is 34.8 Å². The third kappa shape index (κ3) is 10.7. The molecular formula is C40H62O11. The topological polar surface area (TPSA) is 169 Å². The highest BCUT2D eigenvalue weighted by atomic mass is 16.7. The normalized spacial score (nSPS) is 32.5. The van der Waals surface area contributed by atoms with Crippen LogP contribution in [0.25, 0.3) is 0 Å². The van der Waals surface area contributed by atoms with E-state index in [0.29, 0.717) is 32.1 Å². The number of aliphatic hydroxyl groups excluding tert-OH is 4. The van der Waals surface area contributed by atoms with Gasteiger partial charge >= 0.3 is 11.9 Å². The highest BCUT2D eigenvalue weighted by molar-refractivity contribution is 5.87. The number of hydrogen-bond donors (Lipinski definition) is 4. The number of ketones is 1. The van der Waals surface area contributed by atoms with Gasteiger partial charge in [-0.25, -0.2) is 0 Å². The molecule has 3 rings (SSSR count).